The summed E-state index contributed by atoms with van der Waals surface area (Å²) in [4.78, 5) is 38.5. The van der Waals surface area contributed by atoms with Crippen LogP contribution in [-0.4, -0.2) is 35.7 Å². The Morgan fingerprint density at radius 2 is 1.85 bits per heavy atom. The zero-order chi connectivity index (χ0) is 28.2. The average molecular weight is 578 g/mol. The first-order valence-electron chi connectivity index (χ1n) is 12.4. The molecule has 5 rings (SSSR count). The minimum absolute atomic E-state index is 0.0131. The molecule has 0 atom stereocenters. The topological polar surface area (TPSA) is 95.3 Å². The zero-order valence-corrected chi connectivity index (χ0v) is 23.2. The van der Waals surface area contributed by atoms with Crippen molar-refractivity contribution >= 4 is 57.3 Å². The standard InChI is InChI=1S/C30H24ClNO7S/c1-3-37-25-14-18(13-23(31)27(25)38-17-20-9-6-8-19-7-4-5-10-22(19)20)15-26-28(33)32(30(35)40-26)16-21-11-12-24(39-21)29(34)36-2/h4-15H,3,16-17H2,1-2H3/b26-15+. The molecule has 0 aliphatic carbocycles. The van der Waals surface area contributed by atoms with Crippen molar-refractivity contribution in [1.29, 1.82) is 0 Å². The first-order chi connectivity index (χ1) is 19.4. The summed E-state index contributed by atoms with van der Waals surface area (Å²) < 4.78 is 22.0. The highest BCUT2D eigenvalue weighted by molar-refractivity contribution is 8.18. The lowest BCUT2D eigenvalue weighted by atomic mass is 10.1. The number of amides is 2. The molecule has 4 aromatic rings. The first kappa shape index (κ1) is 27.4. The molecule has 8 nitrogen and oxygen atoms in total. The molecule has 40 heavy (non-hydrogen) atoms. The van der Waals surface area contributed by atoms with Crippen LogP contribution in [0.3, 0.4) is 0 Å². The van der Waals surface area contributed by atoms with E-state index in [0.29, 0.717) is 28.7 Å². The Hall–Kier alpha value is -4.21. The number of thioether (sulfide) groups is 1. The molecule has 1 aliphatic rings. The molecular weight excluding hydrogens is 554 g/mol. The van der Waals surface area contributed by atoms with Crippen LogP contribution in [-0.2, 0) is 22.7 Å². The van der Waals surface area contributed by atoms with Gasteiger partial charge in [0, 0.05) is 0 Å². The quantitative estimate of drug-likeness (QED) is 0.154. The number of benzene rings is 3. The Labute approximate surface area is 239 Å². The summed E-state index contributed by atoms with van der Waals surface area (Å²) in [6.45, 7) is 2.38. The highest BCUT2D eigenvalue weighted by Crippen LogP contribution is 2.40. The Balaban J connectivity index is 1.36. The number of furan rings is 1. The smallest absolute Gasteiger partial charge is 0.373 e. The number of fused-ring (bicyclic) bond motifs is 1. The number of nitrogens with zero attached hydrogens (tertiary/aromatic N) is 1. The molecule has 204 valence electrons. The number of rotatable bonds is 9. The minimum Gasteiger partial charge on any atom is -0.490 e. The number of hydrogen-bond donors (Lipinski definition) is 0. The molecule has 0 N–H and O–H groups in total. The number of imide groups is 1. The van der Waals surface area contributed by atoms with Gasteiger partial charge in [0.05, 0.1) is 30.2 Å². The number of methoxy groups -OCH3 is 1. The average Bonchev–Trinajstić information content (AvgIpc) is 3.52. The van der Waals surface area contributed by atoms with Gasteiger partial charge in [-0.3, -0.25) is 14.5 Å². The molecule has 3 aromatic carbocycles. The van der Waals surface area contributed by atoms with Crippen LogP contribution in [0.5, 0.6) is 11.5 Å². The van der Waals surface area contributed by atoms with Crippen molar-refractivity contribution in [1.82, 2.24) is 4.90 Å². The molecule has 2 heterocycles. The Morgan fingerprint density at radius 3 is 2.65 bits per heavy atom. The van der Waals surface area contributed by atoms with Crippen molar-refractivity contribution in [3.05, 3.63) is 99.3 Å². The number of hydrogen-bond acceptors (Lipinski definition) is 8. The van der Waals surface area contributed by atoms with Gasteiger partial charge in [-0.05, 0) is 70.9 Å². The van der Waals surface area contributed by atoms with Crippen molar-refractivity contribution in [3.8, 4) is 11.5 Å². The van der Waals surface area contributed by atoms with E-state index in [1.807, 2.05) is 49.4 Å². The van der Waals surface area contributed by atoms with Gasteiger partial charge in [-0.15, -0.1) is 0 Å². The maximum absolute atomic E-state index is 13.0. The molecular formula is C30H24ClNO7S. The lowest BCUT2D eigenvalue weighted by molar-refractivity contribution is -0.123. The summed E-state index contributed by atoms with van der Waals surface area (Å²) in [6.07, 6.45) is 1.58. The third kappa shape index (κ3) is 5.71. The van der Waals surface area contributed by atoms with Gasteiger partial charge in [0.2, 0.25) is 5.76 Å². The van der Waals surface area contributed by atoms with E-state index in [0.717, 1.165) is 33.0 Å². The van der Waals surface area contributed by atoms with E-state index < -0.39 is 17.1 Å². The van der Waals surface area contributed by atoms with Crippen molar-refractivity contribution < 1.29 is 33.0 Å². The SMILES string of the molecule is CCOc1cc(/C=C2/SC(=O)N(Cc3ccc(C(=O)OC)o3)C2=O)cc(Cl)c1OCc1cccc2ccccc12. The predicted molar refractivity (Wildman–Crippen MR) is 152 cm³/mol. The minimum atomic E-state index is -0.646. The van der Waals surface area contributed by atoms with Gasteiger partial charge in [-0.1, -0.05) is 54.1 Å². The van der Waals surface area contributed by atoms with Crippen LogP contribution in [0.2, 0.25) is 5.02 Å². The van der Waals surface area contributed by atoms with E-state index >= 15 is 0 Å². The van der Waals surface area contributed by atoms with Gasteiger partial charge in [0.1, 0.15) is 12.4 Å². The molecule has 0 bridgehead atoms. The van der Waals surface area contributed by atoms with E-state index in [4.69, 9.17) is 25.5 Å². The van der Waals surface area contributed by atoms with Gasteiger partial charge >= 0.3 is 5.97 Å². The second kappa shape index (κ2) is 11.9. The van der Waals surface area contributed by atoms with E-state index in [-0.39, 0.29) is 29.6 Å². The molecule has 10 heteroatoms. The fraction of sp³-hybridized carbons (Fsp3) is 0.167. The molecule has 0 spiro atoms. The van der Waals surface area contributed by atoms with Gasteiger partial charge < -0.3 is 18.6 Å². The van der Waals surface area contributed by atoms with Gasteiger partial charge in [-0.2, -0.15) is 0 Å². The third-order valence-corrected chi connectivity index (χ3v) is 7.31. The highest BCUT2D eigenvalue weighted by Gasteiger charge is 2.36. The fourth-order valence-corrected chi connectivity index (χ4v) is 5.37. The normalized spacial score (nSPS) is 14.3. The molecule has 0 saturated carbocycles. The summed E-state index contributed by atoms with van der Waals surface area (Å²) in [7, 11) is 1.23. The second-order valence-electron chi connectivity index (χ2n) is 8.72. The lowest BCUT2D eigenvalue weighted by Crippen LogP contribution is -2.27. The van der Waals surface area contributed by atoms with E-state index in [1.165, 1.54) is 19.2 Å². The molecule has 0 radical (unpaired) electrons. The Kier molecular flexibility index (Phi) is 8.14. The number of esters is 1. The van der Waals surface area contributed by atoms with Crippen molar-refractivity contribution in [2.75, 3.05) is 13.7 Å². The zero-order valence-electron chi connectivity index (χ0n) is 21.6. The molecule has 2 amide bonds. The summed E-state index contributed by atoms with van der Waals surface area (Å²) >= 11 is 7.43. The highest BCUT2D eigenvalue weighted by atomic mass is 35.5. The van der Waals surface area contributed by atoms with Gasteiger partial charge in [-0.25, -0.2) is 4.79 Å². The van der Waals surface area contributed by atoms with Crippen LogP contribution in [0, 0.1) is 0 Å². The molecule has 1 aliphatic heterocycles. The van der Waals surface area contributed by atoms with Crippen LogP contribution >= 0.6 is 23.4 Å². The summed E-state index contributed by atoms with van der Waals surface area (Å²) in [5.41, 5.74) is 1.58. The van der Waals surface area contributed by atoms with Gasteiger partial charge in [0.25, 0.3) is 11.1 Å². The monoisotopic (exact) mass is 577 g/mol. The summed E-state index contributed by atoms with van der Waals surface area (Å²) in [6, 6.07) is 20.4. The Bertz CT molecular complexity index is 1640. The van der Waals surface area contributed by atoms with Crippen molar-refractivity contribution in [2.24, 2.45) is 0 Å². The van der Waals surface area contributed by atoms with Crippen LogP contribution in [0.25, 0.3) is 16.8 Å². The second-order valence-corrected chi connectivity index (χ2v) is 10.1. The molecule has 1 fully saturated rings. The Morgan fingerprint density at radius 1 is 1.05 bits per heavy atom. The summed E-state index contributed by atoms with van der Waals surface area (Å²) in [5, 5.41) is 2.04. The first-order valence-corrected chi connectivity index (χ1v) is 13.6. The molecule has 1 aromatic heterocycles. The number of carbonyl (C=O) groups excluding carboxylic acids is 3. The predicted octanol–water partition coefficient (Wildman–Crippen LogP) is 7.09. The van der Waals surface area contributed by atoms with Crippen molar-refractivity contribution in [3.63, 3.8) is 0 Å². The largest absolute Gasteiger partial charge is 0.490 e. The number of carbonyl (C=O) groups is 3. The number of ether oxygens (including phenoxy) is 3. The van der Waals surface area contributed by atoms with Crippen LogP contribution in [0.4, 0.5) is 4.79 Å². The van der Waals surface area contributed by atoms with Crippen LogP contribution in [0.1, 0.15) is 34.4 Å². The maximum atomic E-state index is 13.0. The third-order valence-electron chi connectivity index (χ3n) is 6.12. The van der Waals surface area contributed by atoms with Crippen LogP contribution < -0.4 is 9.47 Å². The summed E-state index contributed by atoms with van der Waals surface area (Å²) in [5.74, 6) is -0.0602. The maximum Gasteiger partial charge on any atom is 0.373 e. The lowest BCUT2D eigenvalue weighted by Gasteiger charge is -2.15. The van der Waals surface area contributed by atoms with Crippen LogP contribution in [0.15, 0.2) is 76.1 Å². The molecule has 0 unspecified atom stereocenters. The van der Waals surface area contributed by atoms with Crippen molar-refractivity contribution in [2.45, 2.75) is 20.1 Å². The van der Waals surface area contributed by atoms with E-state index in [9.17, 15) is 14.4 Å². The fourth-order valence-electron chi connectivity index (χ4n) is 4.26. The molecule has 1 saturated heterocycles. The van der Waals surface area contributed by atoms with Gasteiger partial charge in [0.15, 0.2) is 11.5 Å². The number of halogens is 1. The van der Waals surface area contributed by atoms with E-state index in [2.05, 4.69) is 4.74 Å². The van der Waals surface area contributed by atoms with E-state index in [1.54, 1.807) is 18.2 Å².